The minimum atomic E-state index is 0.507. The van der Waals surface area contributed by atoms with Gasteiger partial charge in [0, 0.05) is 31.9 Å². The van der Waals surface area contributed by atoms with Crippen molar-refractivity contribution in [2.45, 2.75) is 110 Å². The van der Waals surface area contributed by atoms with E-state index in [9.17, 15) is 0 Å². The van der Waals surface area contributed by atoms with E-state index in [1.165, 1.54) is 102 Å². The summed E-state index contributed by atoms with van der Waals surface area (Å²) in [5.41, 5.74) is 1.46. The second kappa shape index (κ2) is 15.4. The van der Waals surface area contributed by atoms with Crippen molar-refractivity contribution in [3.63, 3.8) is 0 Å². The molecule has 1 atom stereocenters. The van der Waals surface area contributed by atoms with Crippen LogP contribution < -0.4 is 0 Å². The molecule has 1 aliphatic rings. The Kier molecular flexibility index (Phi) is 12.7. The van der Waals surface area contributed by atoms with Gasteiger partial charge in [0.25, 0.3) is 0 Å². The molecule has 0 bridgehead atoms. The van der Waals surface area contributed by atoms with Gasteiger partial charge in [-0.1, -0.05) is 115 Å². The van der Waals surface area contributed by atoms with Gasteiger partial charge < -0.3 is 9.80 Å². The topological polar surface area (TPSA) is 6.48 Å². The Hall–Kier alpha value is -1.44. The Labute approximate surface area is 181 Å². The van der Waals surface area contributed by atoms with Gasteiger partial charge >= 0.3 is 0 Å². The number of benzene rings is 1. The molecule has 1 aliphatic heterocycles. The summed E-state index contributed by atoms with van der Waals surface area (Å²) in [6.45, 7) is 6.99. The van der Waals surface area contributed by atoms with Crippen molar-refractivity contribution >= 4 is 0 Å². The van der Waals surface area contributed by atoms with Gasteiger partial charge in [-0.2, -0.15) is 0 Å². The fraction of sp³-hybridized carbons (Fsp3) is 0.704. The van der Waals surface area contributed by atoms with Crippen molar-refractivity contribution in [3.8, 4) is 0 Å². The van der Waals surface area contributed by atoms with Gasteiger partial charge in [0.2, 0.25) is 0 Å². The lowest BCUT2D eigenvalue weighted by Crippen LogP contribution is -2.41. The average molecular weight is 399 g/mol. The summed E-state index contributed by atoms with van der Waals surface area (Å²) in [4.78, 5) is 5.20. The normalized spacial score (nSPS) is 16.1. The molecule has 0 fully saturated rings. The van der Waals surface area contributed by atoms with Crippen LogP contribution in [0.3, 0.4) is 0 Å². The van der Waals surface area contributed by atoms with E-state index in [4.69, 9.17) is 0 Å². The van der Waals surface area contributed by atoms with Crippen molar-refractivity contribution in [1.29, 1.82) is 0 Å². The molecule has 164 valence electrons. The highest BCUT2D eigenvalue weighted by Gasteiger charge is 2.25. The Morgan fingerprint density at radius 3 is 1.55 bits per heavy atom. The highest BCUT2D eigenvalue weighted by molar-refractivity contribution is 5.17. The van der Waals surface area contributed by atoms with E-state index in [0.29, 0.717) is 6.17 Å². The maximum Gasteiger partial charge on any atom is 0.105 e. The zero-order chi connectivity index (χ0) is 20.6. The molecule has 0 saturated heterocycles. The molecule has 2 heteroatoms. The minimum absolute atomic E-state index is 0.507. The van der Waals surface area contributed by atoms with Gasteiger partial charge in [-0.05, 0) is 18.4 Å². The third-order valence-electron chi connectivity index (χ3n) is 6.27. The molecule has 1 aromatic carbocycles. The van der Waals surface area contributed by atoms with Crippen molar-refractivity contribution in [3.05, 3.63) is 48.3 Å². The zero-order valence-corrected chi connectivity index (χ0v) is 19.3. The van der Waals surface area contributed by atoms with E-state index in [-0.39, 0.29) is 0 Å². The Morgan fingerprint density at radius 1 is 0.586 bits per heavy atom. The van der Waals surface area contributed by atoms with Crippen LogP contribution in [-0.2, 0) is 6.42 Å². The van der Waals surface area contributed by atoms with Crippen LogP contribution in [0.25, 0.3) is 0 Å². The third-order valence-corrected chi connectivity index (χ3v) is 6.27. The molecule has 0 aliphatic carbocycles. The van der Waals surface area contributed by atoms with Gasteiger partial charge in [-0.3, -0.25) is 0 Å². The average Bonchev–Trinajstić information content (AvgIpc) is 3.12. The summed E-state index contributed by atoms with van der Waals surface area (Å²) in [6, 6.07) is 11.0. The summed E-state index contributed by atoms with van der Waals surface area (Å²) in [5, 5.41) is 0. The van der Waals surface area contributed by atoms with E-state index < -0.39 is 0 Å². The lowest BCUT2D eigenvalue weighted by molar-refractivity contribution is 0.148. The van der Waals surface area contributed by atoms with E-state index in [0.717, 1.165) is 6.42 Å². The van der Waals surface area contributed by atoms with Gasteiger partial charge in [0.05, 0.1) is 0 Å². The lowest BCUT2D eigenvalue weighted by Gasteiger charge is -2.33. The Morgan fingerprint density at radius 2 is 1.03 bits per heavy atom. The number of rotatable bonds is 17. The van der Waals surface area contributed by atoms with Crippen molar-refractivity contribution in [2.24, 2.45) is 0 Å². The monoisotopic (exact) mass is 398 g/mol. The molecule has 29 heavy (non-hydrogen) atoms. The summed E-state index contributed by atoms with van der Waals surface area (Å²) >= 11 is 0. The standard InChI is InChI=1S/C27H46N2/c1-3-5-7-9-10-11-12-13-18-22-29-24-23-28(21-17-8-6-4-2)27(29)25-26-19-15-14-16-20-26/h14-16,19-20,23-24,27H,3-13,17-18,21-22,25H2,1-2H3. The van der Waals surface area contributed by atoms with Crippen LogP contribution in [0.5, 0.6) is 0 Å². The van der Waals surface area contributed by atoms with Crippen LogP contribution in [0.1, 0.15) is 103 Å². The molecule has 1 heterocycles. The molecule has 2 nitrogen and oxygen atoms in total. The van der Waals surface area contributed by atoms with Crippen molar-refractivity contribution in [2.75, 3.05) is 13.1 Å². The van der Waals surface area contributed by atoms with Gasteiger partial charge in [0.15, 0.2) is 0 Å². The number of hydrogen-bond acceptors (Lipinski definition) is 2. The SMILES string of the molecule is CCCCCCCCCCCN1C=CN(CCCCCC)C1Cc1ccccc1. The highest BCUT2D eigenvalue weighted by Crippen LogP contribution is 2.22. The maximum atomic E-state index is 2.61. The molecule has 0 N–H and O–H groups in total. The number of nitrogens with zero attached hydrogens (tertiary/aromatic N) is 2. The van der Waals surface area contributed by atoms with Crippen LogP contribution in [0.15, 0.2) is 42.7 Å². The van der Waals surface area contributed by atoms with E-state index >= 15 is 0 Å². The van der Waals surface area contributed by atoms with Crippen LogP contribution in [0.4, 0.5) is 0 Å². The summed E-state index contributed by atoms with van der Waals surface area (Å²) < 4.78 is 0. The predicted molar refractivity (Wildman–Crippen MR) is 128 cm³/mol. The molecule has 0 amide bonds. The largest absolute Gasteiger partial charge is 0.356 e. The molecule has 0 spiro atoms. The maximum absolute atomic E-state index is 2.61. The summed E-state index contributed by atoms with van der Waals surface area (Å²) in [6.07, 6.45) is 24.3. The van der Waals surface area contributed by atoms with E-state index in [2.05, 4.69) is 66.4 Å². The molecule has 0 aromatic heterocycles. The van der Waals surface area contributed by atoms with Crippen molar-refractivity contribution < 1.29 is 0 Å². The number of hydrogen-bond donors (Lipinski definition) is 0. The van der Waals surface area contributed by atoms with Crippen LogP contribution in [0.2, 0.25) is 0 Å². The second-order valence-electron chi connectivity index (χ2n) is 8.83. The van der Waals surface area contributed by atoms with E-state index in [1.807, 2.05) is 0 Å². The third kappa shape index (κ3) is 9.74. The Balaban J connectivity index is 1.72. The first-order valence-corrected chi connectivity index (χ1v) is 12.6. The second-order valence-corrected chi connectivity index (χ2v) is 8.83. The minimum Gasteiger partial charge on any atom is -0.356 e. The quantitative estimate of drug-likeness (QED) is 0.247. The van der Waals surface area contributed by atoms with E-state index in [1.54, 1.807) is 0 Å². The van der Waals surface area contributed by atoms with Crippen LogP contribution in [0, 0.1) is 0 Å². The van der Waals surface area contributed by atoms with Crippen LogP contribution in [-0.4, -0.2) is 29.1 Å². The lowest BCUT2D eigenvalue weighted by atomic mass is 10.1. The molecule has 0 radical (unpaired) electrons. The summed E-state index contributed by atoms with van der Waals surface area (Å²) in [7, 11) is 0. The fourth-order valence-electron chi connectivity index (χ4n) is 4.39. The molecule has 2 rings (SSSR count). The molecular weight excluding hydrogens is 352 g/mol. The first-order chi connectivity index (χ1) is 14.3. The molecule has 1 unspecified atom stereocenters. The molecular formula is C27H46N2. The highest BCUT2D eigenvalue weighted by atomic mass is 15.4. The van der Waals surface area contributed by atoms with Gasteiger partial charge in [-0.25, -0.2) is 0 Å². The number of unbranched alkanes of at least 4 members (excludes halogenated alkanes) is 11. The van der Waals surface area contributed by atoms with Crippen molar-refractivity contribution in [1.82, 2.24) is 9.80 Å². The molecule has 1 aromatic rings. The smallest absolute Gasteiger partial charge is 0.105 e. The molecule has 0 saturated carbocycles. The zero-order valence-electron chi connectivity index (χ0n) is 19.3. The summed E-state index contributed by atoms with van der Waals surface area (Å²) in [5.74, 6) is 0. The first kappa shape index (κ1) is 23.8. The van der Waals surface area contributed by atoms with Crippen LogP contribution >= 0.6 is 0 Å². The first-order valence-electron chi connectivity index (χ1n) is 12.6. The van der Waals surface area contributed by atoms with Gasteiger partial charge in [-0.15, -0.1) is 0 Å². The Bertz CT molecular complexity index is 525. The fourth-order valence-corrected chi connectivity index (χ4v) is 4.39. The van der Waals surface area contributed by atoms with Gasteiger partial charge in [0.1, 0.15) is 6.17 Å². The predicted octanol–water partition coefficient (Wildman–Crippen LogP) is 7.76.